The summed E-state index contributed by atoms with van der Waals surface area (Å²) in [7, 11) is -3.51. The Kier molecular flexibility index (Phi) is 9.64. The van der Waals surface area contributed by atoms with Crippen LogP contribution in [0.25, 0.3) is 0 Å². The molecule has 0 saturated heterocycles. The lowest BCUT2D eigenvalue weighted by Gasteiger charge is -2.31. The van der Waals surface area contributed by atoms with E-state index in [1.807, 2.05) is 13.8 Å². The highest BCUT2D eigenvalue weighted by atomic mass is 35.5. The van der Waals surface area contributed by atoms with Crippen LogP contribution < -0.4 is 11.1 Å². The van der Waals surface area contributed by atoms with E-state index in [4.69, 9.17) is 5.73 Å². The van der Waals surface area contributed by atoms with Gasteiger partial charge in [0, 0.05) is 25.2 Å². The van der Waals surface area contributed by atoms with E-state index in [9.17, 15) is 13.2 Å². The SMILES string of the molecule is CCN(CC)S(=O)(=O)c1ccc(C(=O)NC(CC)(CC)CN)cc1.Cl. The molecule has 0 fully saturated rings. The van der Waals surface area contributed by atoms with E-state index in [1.54, 1.807) is 13.8 Å². The second-order valence-electron chi connectivity index (χ2n) is 5.76. The van der Waals surface area contributed by atoms with Crippen molar-refractivity contribution >= 4 is 28.3 Å². The number of hydrogen-bond donors (Lipinski definition) is 2. The molecule has 0 radical (unpaired) electrons. The summed E-state index contributed by atoms with van der Waals surface area (Å²) in [6.07, 6.45) is 1.47. The van der Waals surface area contributed by atoms with Crippen LogP contribution in [-0.4, -0.2) is 43.8 Å². The largest absolute Gasteiger partial charge is 0.345 e. The smallest absolute Gasteiger partial charge is 0.251 e. The standard InChI is InChI=1S/C17H29N3O3S.ClH/c1-5-17(6-2,13-18)19-16(21)14-9-11-15(12-10-14)24(22,23)20(7-3)8-4;/h9-12H,5-8,13,18H2,1-4H3,(H,19,21);1H. The fraction of sp³-hybridized carbons (Fsp3) is 0.588. The molecule has 3 N–H and O–H groups in total. The monoisotopic (exact) mass is 391 g/mol. The van der Waals surface area contributed by atoms with Crippen LogP contribution in [0.4, 0.5) is 0 Å². The van der Waals surface area contributed by atoms with Gasteiger partial charge in [-0.1, -0.05) is 27.7 Å². The second kappa shape index (κ2) is 10.1. The second-order valence-corrected chi connectivity index (χ2v) is 7.70. The molecule has 8 heteroatoms. The fourth-order valence-electron chi connectivity index (χ4n) is 2.57. The van der Waals surface area contributed by atoms with Crippen molar-refractivity contribution in [1.82, 2.24) is 9.62 Å². The summed E-state index contributed by atoms with van der Waals surface area (Å²) >= 11 is 0. The van der Waals surface area contributed by atoms with Gasteiger partial charge in [0.05, 0.1) is 10.4 Å². The molecular formula is C17H30ClN3O3S. The fourth-order valence-corrected chi connectivity index (χ4v) is 4.03. The first-order valence-corrected chi connectivity index (χ1v) is 9.87. The number of carbonyl (C=O) groups is 1. The van der Waals surface area contributed by atoms with E-state index >= 15 is 0 Å². The van der Waals surface area contributed by atoms with Crippen molar-refractivity contribution in [1.29, 1.82) is 0 Å². The van der Waals surface area contributed by atoms with Gasteiger partial charge in [0.2, 0.25) is 10.0 Å². The Labute approximate surface area is 157 Å². The van der Waals surface area contributed by atoms with Crippen LogP contribution in [0, 0.1) is 0 Å². The molecule has 0 aliphatic heterocycles. The number of carbonyl (C=O) groups excluding carboxylic acids is 1. The molecule has 144 valence electrons. The molecule has 0 unspecified atom stereocenters. The van der Waals surface area contributed by atoms with Crippen molar-refractivity contribution in [2.75, 3.05) is 19.6 Å². The molecule has 1 rings (SSSR count). The van der Waals surface area contributed by atoms with Crippen LogP contribution in [0.3, 0.4) is 0 Å². The number of benzene rings is 1. The van der Waals surface area contributed by atoms with Crippen molar-refractivity contribution in [2.24, 2.45) is 5.73 Å². The summed E-state index contributed by atoms with van der Waals surface area (Å²) in [6, 6.07) is 6.03. The summed E-state index contributed by atoms with van der Waals surface area (Å²) in [5.74, 6) is -0.240. The molecule has 0 bridgehead atoms. The lowest BCUT2D eigenvalue weighted by atomic mass is 9.92. The Morgan fingerprint density at radius 3 is 1.92 bits per heavy atom. The van der Waals surface area contributed by atoms with Gasteiger partial charge in [-0.2, -0.15) is 4.31 Å². The molecule has 1 aromatic rings. The predicted octanol–water partition coefficient (Wildman–Crippen LogP) is 2.39. The van der Waals surface area contributed by atoms with E-state index in [0.29, 0.717) is 25.2 Å². The molecule has 0 heterocycles. The molecule has 0 aliphatic carbocycles. The van der Waals surface area contributed by atoms with Gasteiger partial charge in [0.15, 0.2) is 0 Å². The lowest BCUT2D eigenvalue weighted by molar-refractivity contribution is 0.0895. The average Bonchev–Trinajstić information content (AvgIpc) is 2.60. The third-order valence-corrected chi connectivity index (χ3v) is 6.65. The van der Waals surface area contributed by atoms with E-state index in [-0.39, 0.29) is 23.2 Å². The quantitative estimate of drug-likeness (QED) is 0.675. The summed E-state index contributed by atoms with van der Waals surface area (Å²) < 4.78 is 26.3. The minimum atomic E-state index is -3.51. The normalized spacial score (nSPS) is 11.9. The van der Waals surface area contributed by atoms with Gasteiger partial charge in [-0.25, -0.2) is 8.42 Å². The van der Waals surface area contributed by atoms with Crippen LogP contribution in [0.5, 0.6) is 0 Å². The highest BCUT2D eigenvalue weighted by molar-refractivity contribution is 7.89. The van der Waals surface area contributed by atoms with Gasteiger partial charge >= 0.3 is 0 Å². The van der Waals surface area contributed by atoms with Crippen molar-refractivity contribution < 1.29 is 13.2 Å². The number of sulfonamides is 1. The molecule has 0 aliphatic rings. The zero-order chi connectivity index (χ0) is 18.4. The molecule has 1 aromatic carbocycles. The number of rotatable bonds is 9. The lowest BCUT2D eigenvalue weighted by Crippen LogP contribution is -2.52. The predicted molar refractivity (Wildman–Crippen MR) is 104 cm³/mol. The Morgan fingerprint density at radius 1 is 1.08 bits per heavy atom. The van der Waals surface area contributed by atoms with Gasteiger partial charge in [0.25, 0.3) is 5.91 Å². The zero-order valence-electron chi connectivity index (χ0n) is 15.4. The van der Waals surface area contributed by atoms with Gasteiger partial charge < -0.3 is 11.1 Å². The third-order valence-electron chi connectivity index (χ3n) is 4.58. The number of hydrogen-bond acceptors (Lipinski definition) is 4. The minimum Gasteiger partial charge on any atom is -0.345 e. The summed E-state index contributed by atoms with van der Waals surface area (Å²) in [5, 5.41) is 2.98. The van der Waals surface area contributed by atoms with Crippen LogP contribution in [0.15, 0.2) is 29.2 Å². The highest BCUT2D eigenvalue weighted by Gasteiger charge is 2.27. The number of nitrogens with zero attached hydrogens (tertiary/aromatic N) is 1. The van der Waals surface area contributed by atoms with Crippen molar-refractivity contribution in [2.45, 2.75) is 51.0 Å². The highest BCUT2D eigenvalue weighted by Crippen LogP contribution is 2.18. The van der Waals surface area contributed by atoms with E-state index < -0.39 is 15.6 Å². The molecule has 6 nitrogen and oxygen atoms in total. The number of amides is 1. The molecule has 0 spiro atoms. The zero-order valence-corrected chi connectivity index (χ0v) is 17.0. The number of halogens is 1. The molecule has 0 aromatic heterocycles. The first-order chi connectivity index (χ1) is 11.3. The number of nitrogens with one attached hydrogen (secondary N) is 1. The van der Waals surface area contributed by atoms with E-state index in [1.165, 1.54) is 28.6 Å². The van der Waals surface area contributed by atoms with Crippen molar-refractivity contribution in [3.05, 3.63) is 29.8 Å². The van der Waals surface area contributed by atoms with Crippen LogP contribution in [0.1, 0.15) is 50.9 Å². The van der Waals surface area contributed by atoms with Crippen molar-refractivity contribution in [3.63, 3.8) is 0 Å². The van der Waals surface area contributed by atoms with Crippen LogP contribution >= 0.6 is 12.4 Å². The summed E-state index contributed by atoms with van der Waals surface area (Å²) in [4.78, 5) is 12.6. The Bertz CT molecular complexity index is 631. The molecule has 0 saturated carbocycles. The van der Waals surface area contributed by atoms with Gasteiger partial charge in [-0.05, 0) is 37.1 Å². The maximum absolute atomic E-state index is 12.5. The topological polar surface area (TPSA) is 92.5 Å². The van der Waals surface area contributed by atoms with Crippen molar-refractivity contribution in [3.8, 4) is 0 Å². The van der Waals surface area contributed by atoms with E-state index in [0.717, 1.165) is 12.8 Å². The Balaban J connectivity index is 0.00000576. The van der Waals surface area contributed by atoms with Crippen LogP contribution in [-0.2, 0) is 10.0 Å². The maximum Gasteiger partial charge on any atom is 0.251 e. The minimum absolute atomic E-state index is 0. The van der Waals surface area contributed by atoms with Gasteiger partial charge in [-0.3, -0.25) is 4.79 Å². The van der Waals surface area contributed by atoms with Gasteiger partial charge in [0.1, 0.15) is 0 Å². The van der Waals surface area contributed by atoms with Crippen LogP contribution in [0.2, 0.25) is 0 Å². The Hall–Kier alpha value is -1.15. The molecule has 1 amide bonds. The first kappa shape index (κ1) is 23.9. The first-order valence-electron chi connectivity index (χ1n) is 8.43. The maximum atomic E-state index is 12.5. The average molecular weight is 392 g/mol. The summed E-state index contributed by atoms with van der Waals surface area (Å²) in [6.45, 7) is 8.74. The number of nitrogens with two attached hydrogens (primary N) is 1. The van der Waals surface area contributed by atoms with E-state index in [2.05, 4.69) is 5.32 Å². The third kappa shape index (κ3) is 5.41. The molecule has 25 heavy (non-hydrogen) atoms. The molecule has 0 atom stereocenters. The Morgan fingerprint density at radius 2 is 1.56 bits per heavy atom. The summed E-state index contributed by atoms with van der Waals surface area (Å²) in [5.41, 5.74) is 5.80. The molecular weight excluding hydrogens is 362 g/mol. The van der Waals surface area contributed by atoms with Gasteiger partial charge in [-0.15, -0.1) is 12.4 Å².